The maximum atomic E-state index is 11.9. The summed E-state index contributed by atoms with van der Waals surface area (Å²) in [6, 6.07) is 8.75. The second-order valence-electron chi connectivity index (χ2n) is 3.22. The van der Waals surface area contributed by atoms with Crippen LogP contribution < -0.4 is 0 Å². The first kappa shape index (κ1) is 12.1. The van der Waals surface area contributed by atoms with Crippen LogP contribution in [-0.2, 0) is 0 Å². The van der Waals surface area contributed by atoms with E-state index in [1.165, 1.54) is 11.8 Å². The summed E-state index contributed by atoms with van der Waals surface area (Å²) in [5.41, 5.74) is 0.539. The maximum Gasteiger partial charge on any atom is 0.187 e. The molecule has 2 rings (SSSR count). The van der Waals surface area contributed by atoms with Gasteiger partial charge in [-0.25, -0.2) is 9.97 Å². The molecule has 1 aromatic heterocycles. The average Bonchev–Trinajstić information content (AvgIpc) is 2.38. The molecule has 0 fully saturated rings. The number of rotatable bonds is 4. The van der Waals surface area contributed by atoms with Gasteiger partial charge in [0.15, 0.2) is 10.9 Å². The van der Waals surface area contributed by atoms with Crippen molar-refractivity contribution in [2.45, 2.75) is 5.16 Å². The molecule has 0 bridgehead atoms. The molecule has 0 aliphatic heterocycles. The zero-order valence-electron chi connectivity index (χ0n) is 8.84. The number of ketones is 1. The van der Waals surface area contributed by atoms with E-state index in [0.29, 0.717) is 15.7 Å². The molecule has 0 amide bonds. The topological polar surface area (TPSA) is 42.9 Å². The highest BCUT2D eigenvalue weighted by atomic mass is 35.5. The van der Waals surface area contributed by atoms with Crippen LogP contribution in [0.4, 0.5) is 0 Å². The van der Waals surface area contributed by atoms with Crippen LogP contribution >= 0.6 is 23.4 Å². The lowest BCUT2D eigenvalue weighted by molar-refractivity contribution is 0.102. The molecule has 2 aromatic rings. The molecule has 0 atom stereocenters. The largest absolute Gasteiger partial charge is 0.293 e. The first-order chi connectivity index (χ1) is 8.27. The van der Waals surface area contributed by atoms with Gasteiger partial charge in [0.05, 0.1) is 10.8 Å². The Morgan fingerprint density at radius 3 is 2.59 bits per heavy atom. The van der Waals surface area contributed by atoms with Crippen LogP contribution in [0.1, 0.15) is 10.4 Å². The second kappa shape index (κ2) is 5.80. The summed E-state index contributed by atoms with van der Waals surface area (Å²) in [5, 5.41) is 1.07. The van der Waals surface area contributed by atoms with Crippen LogP contribution in [0, 0.1) is 0 Å². The molecule has 3 nitrogen and oxygen atoms in total. The third-order valence-corrected chi connectivity index (χ3v) is 3.25. The van der Waals surface area contributed by atoms with Crippen molar-refractivity contribution in [3.8, 4) is 0 Å². The van der Waals surface area contributed by atoms with E-state index in [1.807, 2.05) is 0 Å². The molecule has 0 N–H and O–H groups in total. The normalized spacial score (nSPS) is 10.2. The number of nitrogens with zero attached hydrogens (tertiary/aromatic N) is 2. The predicted molar refractivity (Wildman–Crippen MR) is 68.5 cm³/mol. The fourth-order valence-electron chi connectivity index (χ4n) is 1.26. The van der Waals surface area contributed by atoms with Gasteiger partial charge in [-0.1, -0.05) is 35.5 Å². The highest BCUT2D eigenvalue weighted by Gasteiger charge is 2.10. The Morgan fingerprint density at radius 2 is 1.88 bits per heavy atom. The SMILES string of the molecule is O=C(CSc1ncccn1)c1ccccc1Cl. The minimum absolute atomic E-state index is 0.0203. The van der Waals surface area contributed by atoms with Gasteiger partial charge in [0.25, 0.3) is 0 Å². The molecule has 17 heavy (non-hydrogen) atoms. The number of halogens is 1. The number of aromatic nitrogens is 2. The van der Waals surface area contributed by atoms with Gasteiger partial charge < -0.3 is 0 Å². The molecule has 0 aliphatic rings. The van der Waals surface area contributed by atoms with Crippen LogP contribution in [0.15, 0.2) is 47.9 Å². The number of hydrogen-bond donors (Lipinski definition) is 0. The monoisotopic (exact) mass is 264 g/mol. The van der Waals surface area contributed by atoms with Crippen molar-refractivity contribution in [1.82, 2.24) is 9.97 Å². The van der Waals surface area contributed by atoms with Crippen molar-refractivity contribution in [3.63, 3.8) is 0 Å². The molecule has 0 saturated carbocycles. The van der Waals surface area contributed by atoms with E-state index >= 15 is 0 Å². The third kappa shape index (κ3) is 3.28. The van der Waals surface area contributed by atoms with E-state index in [9.17, 15) is 4.79 Å². The van der Waals surface area contributed by atoms with Crippen molar-refractivity contribution in [2.75, 3.05) is 5.75 Å². The summed E-state index contributed by atoms with van der Waals surface area (Å²) in [5.74, 6) is 0.265. The van der Waals surface area contributed by atoms with Crippen LogP contribution in [0.5, 0.6) is 0 Å². The van der Waals surface area contributed by atoms with E-state index in [1.54, 1.807) is 42.7 Å². The molecule has 0 radical (unpaired) electrons. The minimum Gasteiger partial charge on any atom is -0.293 e. The van der Waals surface area contributed by atoms with Crippen molar-refractivity contribution in [3.05, 3.63) is 53.3 Å². The molecular weight excluding hydrogens is 256 g/mol. The molecule has 5 heteroatoms. The molecule has 0 saturated heterocycles. The van der Waals surface area contributed by atoms with Crippen molar-refractivity contribution >= 4 is 29.1 Å². The van der Waals surface area contributed by atoms with E-state index in [2.05, 4.69) is 9.97 Å². The maximum absolute atomic E-state index is 11.9. The summed E-state index contributed by atoms with van der Waals surface area (Å²) >= 11 is 7.24. The molecular formula is C12H9ClN2OS. The van der Waals surface area contributed by atoms with Gasteiger partial charge in [0.1, 0.15) is 0 Å². The van der Waals surface area contributed by atoms with E-state index in [0.717, 1.165) is 0 Å². The highest BCUT2D eigenvalue weighted by molar-refractivity contribution is 7.99. The quantitative estimate of drug-likeness (QED) is 0.483. The zero-order chi connectivity index (χ0) is 12.1. The van der Waals surface area contributed by atoms with Gasteiger partial charge in [-0.2, -0.15) is 0 Å². The molecule has 0 unspecified atom stereocenters. The van der Waals surface area contributed by atoms with Crippen molar-refractivity contribution < 1.29 is 4.79 Å². The average molecular weight is 265 g/mol. The van der Waals surface area contributed by atoms with Crippen LogP contribution in [0.2, 0.25) is 5.02 Å². The van der Waals surface area contributed by atoms with Gasteiger partial charge in [-0.3, -0.25) is 4.79 Å². The van der Waals surface area contributed by atoms with Crippen molar-refractivity contribution in [2.24, 2.45) is 0 Å². The Bertz CT molecular complexity index is 519. The van der Waals surface area contributed by atoms with E-state index in [4.69, 9.17) is 11.6 Å². The standard InChI is InChI=1S/C12H9ClN2OS/c13-10-5-2-1-4-9(10)11(16)8-17-12-14-6-3-7-15-12/h1-7H,8H2. The summed E-state index contributed by atoms with van der Waals surface area (Å²) in [6.07, 6.45) is 3.30. The molecule has 0 spiro atoms. The Morgan fingerprint density at radius 1 is 1.18 bits per heavy atom. The van der Waals surface area contributed by atoms with Gasteiger partial charge in [-0.15, -0.1) is 0 Å². The lowest BCUT2D eigenvalue weighted by atomic mass is 10.1. The molecule has 0 aliphatic carbocycles. The zero-order valence-corrected chi connectivity index (χ0v) is 10.4. The molecule has 1 heterocycles. The second-order valence-corrected chi connectivity index (χ2v) is 4.57. The number of carbonyl (C=O) groups excluding carboxylic acids is 1. The lowest BCUT2D eigenvalue weighted by Gasteiger charge is -2.02. The fraction of sp³-hybridized carbons (Fsp3) is 0.0833. The van der Waals surface area contributed by atoms with Crippen LogP contribution in [-0.4, -0.2) is 21.5 Å². The number of hydrogen-bond acceptors (Lipinski definition) is 4. The number of carbonyl (C=O) groups is 1. The number of thioether (sulfide) groups is 1. The number of Topliss-reactive ketones (excluding diaryl/α,β-unsaturated/α-hetero) is 1. The highest BCUT2D eigenvalue weighted by Crippen LogP contribution is 2.19. The minimum atomic E-state index is -0.0203. The summed E-state index contributed by atoms with van der Waals surface area (Å²) in [4.78, 5) is 19.9. The first-order valence-electron chi connectivity index (χ1n) is 4.95. The van der Waals surface area contributed by atoms with Crippen LogP contribution in [0.3, 0.4) is 0 Å². The summed E-state index contributed by atoms with van der Waals surface area (Å²) in [7, 11) is 0. The Labute approximate surface area is 108 Å². The first-order valence-corrected chi connectivity index (χ1v) is 6.31. The molecule has 1 aromatic carbocycles. The van der Waals surface area contributed by atoms with Crippen molar-refractivity contribution in [1.29, 1.82) is 0 Å². The third-order valence-electron chi connectivity index (χ3n) is 2.05. The Hall–Kier alpha value is -1.39. The Kier molecular flexibility index (Phi) is 4.12. The summed E-state index contributed by atoms with van der Waals surface area (Å²) in [6.45, 7) is 0. The lowest BCUT2D eigenvalue weighted by Crippen LogP contribution is -2.03. The van der Waals surface area contributed by atoms with Gasteiger partial charge in [0.2, 0.25) is 0 Å². The van der Waals surface area contributed by atoms with E-state index < -0.39 is 0 Å². The smallest absolute Gasteiger partial charge is 0.187 e. The number of benzene rings is 1. The van der Waals surface area contributed by atoms with Crippen LogP contribution in [0.25, 0.3) is 0 Å². The summed E-state index contributed by atoms with van der Waals surface area (Å²) < 4.78 is 0. The van der Waals surface area contributed by atoms with Gasteiger partial charge in [0, 0.05) is 18.0 Å². The predicted octanol–water partition coefficient (Wildman–Crippen LogP) is 3.11. The van der Waals surface area contributed by atoms with Gasteiger partial charge in [-0.05, 0) is 18.2 Å². The fourth-order valence-corrected chi connectivity index (χ4v) is 2.18. The Balaban J connectivity index is 2.01. The van der Waals surface area contributed by atoms with E-state index in [-0.39, 0.29) is 11.5 Å². The van der Waals surface area contributed by atoms with Gasteiger partial charge >= 0.3 is 0 Å². The molecule has 86 valence electrons.